The molecule has 0 aliphatic rings. The number of methoxy groups -OCH3 is 1. The van der Waals surface area contributed by atoms with E-state index in [-0.39, 0.29) is 0 Å². The first-order valence-electron chi connectivity index (χ1n) is 8.37. The third-order valence-corrected chi connectivity index (χ3v) is 4.08. The molecule has 0 saturated carbocycles. The van der Waals surface area contributed by atoms with E-state index in [1.54, 1.807) is 13.4 Å². The van der Waals surface area contributed by atoms with Gasteiger partial charge in [-0.1, -0.05) is 66.7 Å². The Labute approximate surface area is 151 Å². The maximum atomic E-state index is 5.29. The van der Waals surface area contributed by atoms with Gasteiger partial charge < -0.3 is 9.30 Å². The van der Waals surface area contributed by atoms with Gasteiger partial charge in [-0.15, -0.1) is 0 Å². The summed E-state index contributed by atoms with van der Waals surface area (Å²) in [6.45, 7) is 0.694. The second-order valence-corrected chi connectivity index (χ2v) is 5.87. The summed E-state index contributed by atoms with van der Waals surface area (Å²) in [5.74, 6) is 0. The van der Waals surface area contributed by atoms with E-state index < -0.39 is 0 Å². The van der Waals surface area contributed by atoms with Gasteiger partial charge in [-0.25, -0.2) is 4.98 Å². The Morgan fingerprint density at radius 1 is 0.923 bits per heavy atom. The Morgan fingerprint density at radius 2 is 1.65 bits per heavy atom. The van der Waals surface area contributed by atoms with Gasteiger partial charge in [0.05, 0.1) is 25.7 Å². The van der Waals surface area contributed by atoms with E-state index in [2.05, 4.69) is 27.1 Å². The van der Waals surface area contributed by atoms with Crippen LogP contribution in [0.15, 0.2) is 67.0 Å². The minimum Gasteiger partial charge on any atom is -0.467 e. The normalized spacial score (nSPS) is 11.3. The number of aromatic nitrogens is 4. The van der Waals surface area contributed by atoms with Gasteiger partial charge in [0.1, 0.15) is 5.52 Å². The first-order chi connectivity index (χ1) is 12.8. The summed E-state index contributed by atoms with van der Waals surface area (Å²) in [5, 5.41) is 0. The molecule has 2 aromatic heterocycles. The molecule has 0 fully saturated rings. The Kier molecular flexibility index (Phi) is 4.43. The summed E-state index contributed by atoms with van der Waals surface area (Å²) in [4.78, 5) is 13.5. The minimum absolute atomic E-state index is 0.333. The molecule has 4 rings (SSSR count). The molecular formula is C21H18N4O. The molecule has 0 spiro atoms. The van der Waals surface area contributed by atoms with E-state index in [9.17, 15) is 0 Å². The highest BCUT2D eigenvalue weighted by molar-refractivity contribution is 5.84. The molecule has 0 radical (unpaired) electrons. The van der Waals surface area contributed by atoms with Crippen molar-refractivity contribution in [3.63, 3.8) is 0 Å². The zero-order valence-electron chi connectivity index (χ0n) is 14.4. The summed E-state index contributed by atoms with van der Waals surface area (Å²) < 4.78 is 7.30. The molecule has 5 nitrogen and oxygen atoms in total. The smallest absolute Gasteiger partial charge is 0.318 e. The Bertz CT molecular complexity index is 1040. The Morgan fingerprint density at radius 3 is 2.38 bits per heavy atom. The van der Waals surface area contributed by atoms with Crippen molar-refractivity contribution in [3.05, 3.63) is 83.8 Å². The maximum Gasteiger partial charge on any atom is 0.318 e. The van der Waals surface area contributed by atoms with Crippen molar-refractivity contribution in [2.45, 2.75) is 6.54 Å². The van der Waals surface area contributed by atoms with Crippen LogP contribution >= 0.6 is 0 Å². The summed E-state index contributed by atoms with van der Waals surface area (Å²) in [5.41, 5.74) is 4.54. The number of hydrogen-bond acceptors (Lipinski definition) is 4. The number of rotatable bonds is 5. The molecule has 2 heterocycles. The lowest BCUT2D eigenvalue weighted by molar-refractivity contribution is 0.381. The van der Waals surface area contributed by atoms with Gasteiger partial charge >= 0.3 is 6.01 Å². The van der Waals surface area contributed by atoms with Crippen molar-refractivity contribution in [2.75, 3.05) is 7.11 Å². The van der Waals surface area contributed by atoms with E-state index in [4.69, 9.17) is 4.74 Å². The standard InChI is InChI=1S/C21H18N4O/c1-26-21-23-18(13-12-16-8-4-2-5-9-16)19-20(24-21)25(15-22-19)14-17-10-6-3-7-11-17/h2-13,15H,14H2,1H3/b13-12+. The highest BCUT2D eigenvalue weighted by Crippen LogP contribution is 2.20. The summed E-state index contributed by atoms with van der Waals surface area (Å²) in [7, 11) is 1.57. The van der Waals surface area contributed by atoms with Crippen molar-refractivity contribution in [1.82, 2.24) is 19.5 Å². The van der Waals surface area contributed by atoms with Gasteiger partial charge in [0.2, 0.25) is 0 Å². The average molecular weight is 342 g/mol. The number of imidazole rings is 1. The van der Waals surface area contributed by atoms with Crippen LogP contribution in [-0.2, 0) is 6.54 Å². The third kappa shape index (κ3) is 3.32. The summed E-state index contributed by atoms with van der Waals surface area (Å²) in [6.07, 6.45) is 5.75. The molecule has 0 atom stereocenters. The van der Waals surface area contributed by atoms with Gasteiger partial charge in [-0.05, 0) is 17.2 Å². The molecule has 0 aliphatic carbocycles. The van der Waals surface area contributed by atoms with Crippen LogP contribution in [0.3, 0.4) is 0 Å². The molecule has 0 saturated heterocycles. The van der Waals surface area contributed by atoms with Crippen LogP contribution in [0.2, 0.25) is 0 Å². The van der Waals surface area contributed by atoms with Crippen molar-refractivity contribution in [3.8, 4) is 6.01 Å². The zero-order valence-corrected chi connectivity index (χ0v) is 14.4. The molecule has 128 valence electrons. The fraction of sp³-hybridized carbons (Fsp3) is 0.0952. The van der Waals surface area contributed by atoms with Crippen LogP contribution in [-0.4, -0.2) is 26.6 Å². The first-order valence-corrected chi connectivity index (χ1v) is 8.37. The lowest BCUT2D eigenvalue weighted by Gasteiger charge is -2.05. The first kappa shape index (κ1) is 16.0. The number of hydrogen-bond donors (Lipinski definition) is 0. The fourth-order valence-corrected chi connectivity index (χ4v) is 2.79. The van der Waals surface area contributed by atoms with Crippen LogP contribution in [0, 0.1) is 0 Å². The summed E-state index contributed by atoms with van der Waals surface area (Å²) in [6, 6.07) is 20.6. The Hall–Kier alpha value is -3.47. The molecule has 26 heavy (non-hydrogen) atoms. The monoisotopic (exact) mass is 342 g/mol. The van der Waals surface area contributed by atoms with E-state index in [0.29, 0.717) is 12.6 Å². The Balaban J connectivity index is 1.75. The van der Waals surface area contributed by atoms with Crippen molar-refractivity contribution < 1.29 is 4.74 Å². The van der Waals surface area contributed by atoms with Crippen molar-refractivity contribution in [1.29, 1.82) is 0 Å². The molecule has 0 amide bonds. The molecule has 0 N–H and O–H groups in total. The van der Waals surface area contributed by atoms with E-state index in [0.717, 1.165) is 22.4 Å². The molecule has 0 aliphatic heterocycles. The zero-order chi connectivity index (χ0) is 17.8. The molecular weight excluding hydrogens is 324 g/mol. The number of nitrogens with zero attached hydrogens (tertiary/aromatic N) is 4. The second-order valence-electron chi connectivity index (χ2n) is 5.87. The highest BCUT2D eigenvalue weighted by Gasteiger charge is 2.12. The van der Waals surface area contributed by atoms with Crippen LogP contribution in [0.1, 0.15) is 16.8 Å². The van der Waals surface area contributed by atoms with Crippen LogP contribution in [0.5, 0.6) is 6.01 Å². The molecule has 4 aromatic rings. The third-order valence-electron chi connectivity index (χ3n) is 4.08. The largest absolute Gasteiger partial charge is 0.467 e. The molecule has 5 heteroatoms. The summed E-state index contributed by atoms with van der Waals surface area (Å²) >= 11 is 0. The predicted molar refractivity (Wildman–Crippen MR) is 103 cm³/mol. The van der Waals surface area contributed by atoms with Crippen LogP contribution in [0.25, 0.3) is 23.3 Å². The number of fused-ring (bicyclic) bond motifs is 1. The lowest BCUT2D eigenvalue weighted by atomic mass is 10.2. The van der Waals surface area contributed by atoms with Gasteiger partial charge in [-0.2, -0.15) is 9.97 Å². The number of ether oxygens (including phenoxy) is 1. The second kappa shape index (κ2) is 7.19. The van der Waals surface area contributed by atoms with Crippen LogP contribution < -0.4 is 4.74 Å². The van der Waals surface area contributed by atoms with E-state index >= 15 is 0 Å². The van der Waals surface area contributed by atoms with Gasteiger partial charge in [0.15, 0.2) is 5.65 Å². The average Bonchev–Trinajstić information content (AvgIpc) is 3.10. The van der Waals surface area contributed by atoms with Crippen molar-refractivity contribution in [2.24, 2.45) is 0 Å². The van der Waals surface area contributed by atoms with E-state index in [1.807, 2.05) is 65.3 Å². The predicted octanol–water partition coefficient (Wildman–Crippen LogP) is 4.05. The van der Waals surface area contributed by atoms with Gasteiger partial charge in [0, 0.05) is 0 Å². The molecule has 0 unspecified atom stereocenters. The maximum absolute atomic E-state index is 5.29. The van der Waals surface area contributed by atoms with Gasteiger partial charge in [-0.3, -0.25) is 0 Å². The SMILES string of the molecule is COc1nc(/C=C/c2ccccc2)c2ncn(Cc3ccccc3)c2n1. The fourth-order valence-electron chi connectivity index (χ4n) is 2.79. The van der Waals surface area contributed by atoms with Gasteiger partial charge in [0.25, 0.3) is 0 Å². The molecule has 0 bridgehead atoms. The van der Waals surface area contributed by atoms with Crippen molar-refractivity contribution >= 4 is 23.3 Å². The lowest BCUT2D eigenvalue weighted by Crippen LogP contribution is -2.02. The van der Waals surface area contributed by atoms with E-state index in [1.165, 1.54) is 5.56 Å². The molecule has 2 aromatic carbocycles. The number of benzene rings is 2. The minimum atomic E-state index is 0.333. The topological polar surface area (TPSA) is 52.8 Å². The van der Waals surface area contributed by atoms with Crippen LogP contribution in [0.4, 0.5) is 0 Å². The highest BCUT2D eigenvalue weighted by atomic mass is 16.5. The quantitative estimate of drug-likeness (QED) is 0.549.